The lowest BCUT2D eigenvalue weighted by molar-refractivity contribution is 0.142. The molecule has 1 heterocycles. The molecule has 0 aliphatic rings. The molecule has 0 radical (unpaired) electrons. The predicted molar refractivity (Wildman–Crippen MR) is 141 cm³/mol. The Balaban J connectivity index is 1.40. The Morgan fingerprint density at radius 3 is 2.53 bits per heavy atom. The van der Waals surface area contributed by atoms with Gasteiger partial charge in [0.1, 0.15) is 11.5 Å². The maximum absolute atomic E-state index is 11.4. The summed E-state index contributed by atoms with van der Waals surface area (Å²) < 4.78 is 16.6. The molecule has 0 amide bonds. The summed E-state index contributed by atoms with van der Waals surface area (Å²) in [5.74, 6) is 1.86. The van der Waals surface area contributed by atoms with Crippen molar-refractivity contribution in [2.45, 2.75) is 19.8 Å². The summed E-state index contributed by atoms with van der Waals surface area (Å²) >= 11 is 0. The number of hydrogen-bond donors (Lipinski definition) is 2. The molecule has 0 saturated carbocycles. The molecule has 182 valence electrons. The fourth-order valence-electron chi connectivity index (χ4n) is 4.69. The topological polar surface area (TPSA) is 80.8 Å². The highest BCUT2D eigenvalue weighted by atomic mass is 16.7. The summed E-state index contributed by atoms with van der Waals surface area (Å²) in [6, 6.07) is 26.0. The average Bonchev–Trinajstić information content (AvgIpc) is 3.23. The second-order valence-electron chi connectivity index (χ2n) is 8.64. The number of aromatic nitrogens is 1. The number of rotatable bonds is 8. The molecule has 4 aromatic carbocycles. The van der Waals surface area contributed by atoms with Crippen molar-refractivity contribution in [3.8, 4) is 28.5 Å². The van der Waals surface area contributed by atoms with Gasteiger partial charge in [-0.05, 0) is 60.5 Å². The SMILES string of the molecule is COc1ccc2c(OCCCc3c(OC(=O)O)[nH]c4c(-c5ccccc5C)cccc34)cccc2c1. The molecule has 0 atom stereocenters. The van der Waals surface area contributed by atoms with E-state index in [0.717, 1.165) is 55.4 Å². The molecular weight excluding hydrogens is 454 g/mol. The van der Waals surface area contributed by atoms with Crippen molar-refractivity contribution in [2.24, 2.45) is 0 Å². The van der Waals surface area contributed by atoms with Crippen LogP contribution in [0, 0.1) is 6.92 Å². The third-order valence-electron chi connectivity index (χ3n) is 6.40. The Bertz CT molecular complexity index is 1550. The molecule has 0 aliphatic carbocycles. The highest BCUT2D eigenvalue weighted by Gasteiger charge is 2.18. The van der Waals surface area contributed by atoms with Gasteiger partial charge in [-0.2, -0.15) is 0 Å². The molecule has 6 heteroatoms. The van der Waals surface area contributed by atoms with E-state index in [-0.39, 0.29) is 5.88 Å². The quantitative estimate of drug-likeness (QED) is 0.179. The van der Waals surface area contributed by atoms with Gasteiger partial charge in [0.15, 0.2) is 0 Å². The number of nitrogens with one attached hydrogen (secondary N) is 1. The number of ether oxygens (including phenoxy) is 3. The standard InChI is InChI=1S/C30H27NO5/c1-19-8-3-4-10-22(19)24-11-6-12-25-26(29(31-28(24)25)36-30(32)33)13-7-17-35-27-14-5-9-20-18-21(34-2)15-16-23(20)27/h3-6,8-12,14-16,18,31H,7,13,17H2,1-2H3,(H,32,33). The van der Waals surface area contributed by atoms with Gasteiger partial charge in [-0.1, -0.05) is 54.6 Å². The highest BCUT2D eigenvalue weighted by molar-refractivity contribution is 5.98. The molecule has 2 N–H and O–H groups in total. The van der Waals surface area contributed by atoms with Gasteiger partial charge in [-0.25, -0.2) is 4.79 Å². The van der Waals surface area contributed by atoms with E-state index >= 15 is 0 Å². The Morgan fingerprint density at radius 2 is 1.72 bits per heavy atom. The van der Waals surface area contributed by atoms with Crippen LogP contribution in [0.25, 0.3) is 32.8 Å². The molecule has 0 fully saturated rings. The van der Waals surface area contributed by atoms with E-state index in [4.69, 9.17) is 14.2 Å². The van der Waals surface area contributed by atoms with E-state index < -0.39 is 6.16 Å². The Kier molecular flexibility index (Phi) is 6.50. The molecule has 0 unspecified atom stereocenters. The van der Waals surface area contributed by atoms with E-state index in [9.17, 15) is 9.90 Å². The molecule has 0 spiro atoms. The minimum absolute atomic E-state index is 0.260. The van der Waals surface area contributed by atoms with Crippen LogP contribution in [-0.4, -0.2) is 30.0 Å². The number of hydrogen-bond acceptors (Lipinski definition) is 4. The van der Waals surface area contributed by atoms with Crippen LogP contribution in [0.15, 0.2) is 78.9 Å². The molecule has 5 rings (SSSR count). The number of carboxylic acid groups (broad SMARTS) is 1. The van der Waals surface area contributed by atoms with Gasteiger partial charge in [0.25, 0.3) is 0 Å². The van der Waals surface area contributed by atoms with Crippen molar-refractivity contribution in [3.05, 3.63) is 90.0 Å². The number of carbonyl (C=O) groups is 1. The fraction of sp³-hybridized carbons (Fsp3) is 0.167. The minimum atomic E-state index is -1.34. The third kappa shape index (κ3) is 4.58. The van der Waals surface area contributed by atoms with Gasteiger partial charge in [0, 0.05) is 21.9 Å². The molecule has 0 saturated heterocycles. The summed E-state index contributed by atoms with van der Waals surface area (Å²) in [5.41, 5.74) is 4.93. The lowest BCUT2D eigenvalue weighted by Gasteiger charge is -2.11. The van der Waals surface area contributed by atoms with Gasteiger partial charge < -0.3 is 24.3 Å². The van der Waals surface area contributed by atoms with Crippen LogP contribution in [0.4, 0.5) is 4.79 Å². The van der Waals surface area contributed by atoms with Crippen molar-refractivity contribution < 1.29 is 24.1 Å². The van der Waals surface area contributed by atoms with Gasteiger partial charge >= 0.3 is 6.16 Å². The summed E-state index contributed by atoms with van der Waals surface area (Å²) in [5, 5.41) is 12.3. The monoisotopic (exact) mass is 481 g/mol. The molecule has 6 nitrogen and oxygen atoms in total. The normalized spacial score (nSPS) is 11.1. The fourth-order valence-corrected chi connectivity index (χ4v) is 4.69. The van der Waals surface area contributed by atoms with E-state index in [1.165, 1.54) is 0 Å². The van der Waals surface area contributed by atoms with Gasteiger partial charge in [0.05, 0.1) is 19.2 Å². The number of para-hydroxylation sites is 1. The summed E-state index contributed by atoms with van der Waals surface area (Å²) in [7, 11) is 1.65. The third-order valence-corrected chi connectivity index (χ3v) is 6.40. The Hall–Kier alpha value is -4.45. The first kappa shape index (κ1) is 23.3. The van der Waals surface area contributed by atoms with Crippen LogP contribution >= 0.6 is 0 Å². The van der Waals surface area contributed by atoms with Crippen molar-refractivity contribution >= 4 is 27.8 Å². The van der Waals surface area contributed by atoms with E-state index in [1.54, 1.807) is 7.11 Å². The second-order valence-corrected chi connectivity index (χ2v) is 8.64. The zero-order valence-electron chi connectivity index (χ0n) is 20.2. The first-order valence-corrected chi connectivity index (χ1v) is 11.8. The second kappa shape index (κ2) is 10.0. The molecule has 1 aromatic heterocycles. The zero-order chi connectivity index (χ0) is 25.1. The number of benzene rings is 4. The summed E-state index contributed by atoms with van der Waals surface area (Å²) in [4.78, 5) is 14.6. The zero-order valence-corrected chi connectivity index (χ0v) is 20.2. The molecule has 0 bridgehead atoms. The van der Waals surface area contributed by atoms with Crippen molar-refractivity contribution in [2.75, 3.05) is 13.7 Å². The largest absolute Gasteiger partial charge is 0.512 e. The summed E-state index contributed by atoms with van der Waals surface area (Å²) in [6.45, 7) is 2.54. The van der Waals surface area contributed by atoms with Crippen LogP contribution in [0.5, 0.6) is 17.4 Å². The van der Waals surface area contributed by atoms with Crippen LogP contribution in [-0.2, 0) is 6.42 Å². The van der Waals surface area contributed by atoms with Gasteiger partial charge in [-0.15, -0.1) is 0 Å². The first-order valence-electron chi connectivity index (χ1n) is 11.8. The van der Waals surface area contributed by atoms with E-state index in [2.05, 4.69) is 24.0 Å². The van der Waals surface area contributed by atoms with Crippen LogP contribution in [0.1, 0.15) is 17.5 Å². The highest BCUT2D eigenvalue weighted by Crippen LogP contribution is 2.37. The number of methoxy groups -OCH3 is 1. The predicted octanol–water partition coefficient (Wildman–Crippen LogP) is 7.37. The van der Waals surface area contributed by atoms with Crippen LogP contribution < -0.4 is 14.2 Å². The molecule has 0 aliphatic heterocycles. The minimum Gasteiger partial charge on any atom is -0.497 e. The smallest absolute Gasteiger partial charge is 0.497 e. The first-order chi connectivity index (χ1) is 17.5. The maximum Gasteiger partial charge on any atom is 0.512 e. The molecular formula is C30H27NO5. The van der Waals surface area contributed by atoms with E-state index in [0.29, 0.717) is 19.4 Å². The Labute approximate surface area is 209 Å². The van der Waals surface area contributed by atoms with Crippen LogP contribution in [0.3, 0.4) is 0 Å². The number of aromatic amines is 1. The van der Waals surface area contributed by atoms with Gasteiger partial charge in [0.2, 0.25) is 5.88 Å². The van der Waals surface area contributed by atoms with Crippen LogP contribution in [0.2, 0.25) is 0 Å². The molecule has 36 heavy (non-hydrogen) atoms. The van der Waals surface area contributed by atoms with Gasteiger partial charge in [-0.3, -0.25) is 0 Å². The van der Waals surface area contributed by atoms with Crippen molar-refractivity contribution in [1.82, 2.24) is 4.98 Å². The number of fused-ring (bicyclic) bond motifs is 2. The lowest BCUT2D eigenvalue weighted by Crippen LogP contribution is -2.06. The maximum atomic E-state index is 11.4. The van der Waals surface area contributed by atoms with Crippen molar-refractivity contribution in [3.63, 3.8) is 0 Å². The lowest BCUT2D eigenvalue weighted by atomic mass is 9.97. The Morgan fingerprint density at radius 1 is 0.917 bits per heavy atom. The summed E-state index contributed by atoms with van der Waals surface area (Å²) in [6.07, 6.45) is -0.0645. The number of aryl methyl sites for hydroxylation is 2. The average molecular weight is 482 g/mol. The number of H-pyrrole nitrogens is 1. The molecule has 5 aromatic rings. The van der Waals surface area contributed by atoms with Crippen molar-refractivity contribution in [1.29, 1.82) is 0 Å². The van der Waals surface area contributed by atoms with E-state index in [1.807, 2.05) is 66.7 Å².